The SMILES string of the molecule is CCN1CCC(=NCCC[Si](OC)(OC)OC)C1. The van der Waals surface area contributed by atoms with Gasteiger partial charge in [0.05, 0.1) is 0 Å². The summed E-state index contributed by atoms with van der Waals surface area (Å²) in [5.41, 5.74) is 1.33. The first kappa shape index (κ1) is 15.8. The highest BCUT2D eigenvalue weighted by Crippen LogP contribution is 2.15. The summed E-state index contributed by atoms with van der Waals surface area (Å²) < 4.78 is 16.1. The first-order valence-electron chi connectivity index (χ1n) is 6.59. The molecule has 0 aliphatic carbocycles. The summed E-state index contributed by atoms with van der Waals surface area (Å²) in [6, 6.07) is 0.824. The Balaban J connectivity index is 2.28. The van der Waals surface area contributed by atoms with Gasteiger partial charge < -0.3 is 13.3 Å². The summed E-state index contributed by atoms with van der Waals surface area (Å²) in [4.78, 5) is 7.07. The van der Waals surface area contributed by atoms with E-state index in [2.05, 4.69) is 16.8 Å². The zero-order chi connectivity index (χ0) is 13.4. The van der Waals surface area contributed by atoms with E-state index in [0.29, 0.717) is 0 Å². The number of aliphatic imine (C=N–C) groups is 1. The van der Waals surface area contributed by atoms with Crippen molar-refractivity contribution in [3.63, 3.8) is 0 Å². The van der Waals surface area contributed by atoms with E-state index in [9.17, 15) is 0 Å². The Hall–Kier alpha value is -0.273. The van der Waals surface area contributed by atoms with Crippen molar-refractivity contribution in [1.82, 2.24) is 4.90 Å². The first-order chi connectivity index (χ1) is 8.69. The Kier molecular flexibility index (Phi) is 7.02. The molecule has 1 aliphatic rings. The predicted molar refractivity (Wildman–Crippen MR) is 75.2 cm³/mol. The van der Waals surface area contributed by atoms with Crippen LogP contribution < -0.4 is 0 Å². The van der Waals surface area contributed by atoms with Crippen LogP contribution in [0.2, 0.25) is 6.04 Å². The number of likely N-dealkylation sites (tertiary alicyclic amines) is 1. The third-order valence-electron chi connectivity index (χ3n) is 3.48. The van der Waals surface area contributed by atoms with Gasteiger partial charge in [-0.15, -0.1) is 0 Å². The van der Waals surface area contributed by atoms with Gasteiger partial charge >= 0.3 is 8.80 Å². The third kappa shape index (κ3) is 4.44. The normalized spacial score (nSPS) is 19.9. The summed E-state index contributed by atoms with van der Waals surface area (Å²) in [7, 11) is 2.57. The average molecular weight is 274 g/mol. The molecule has 0 amide bonds. The van der Waals surface area contributed by atoms with Gasteiger partial charge in [0, 0.05) is 52.7 Å². The largest absolute Gasteiger partial charge is 0.500 e. The molecular formula is C12H26N2O3Si. The van der Waals surface area contributed by atoms with Crippen molar-refractivity contribution in [2.75, 3.05) is 47.5 Å². The van der Waals surface area contributed by atoms with E-state index < -0.39 is 8.80 Å². The molecule has 106 valence electrons. The Morgan fingerprint density at radius 2 is 1.89 bits per heavy atom. The van der Waals surface area contributed by atoms with E-state index in [1.165, 1.54) is 5.71 Å². The van der Waals surface area contributed by atoms with Crippen LogP contribution in [0.25, 0.3) is 0 Å². The molecular weight excluding hydrogens is 248 g/mol. The van der Waals surface area contributed by atoms with Gasteiger partial charge in [0.1, 0.15) is 0 Å². The molecule has 0 aromatic carbocycles. The Morgan fingerprint density at radius 1 is 1.22 bits per heavy atom. The minimum Gasteiger partial charge on any atom is -0.377 e. The topological polar surface area (TPSA) is 43.3 Å². The molecule has 1 heterocycles. The maximum absolute atomic E-state index is 5.38. The van der Waals surface area contributed by atoms with Crippen molar-refractivity contribution in [1.29, 1.82) is 0 Å². The van der Waals surface area contributed by atoms with Crippen LogP contribution in [-0.4, -0.2) is 66.9 Å². The molecule has 0 unspecified atom stereocenters. The van der Waals surface area contributed by atoms with Gasteiger partial charge in [-0.1, -0.05) is 6.92 Å². The molecule has 0 spiro atoms. The minimum atomic E-state index is -2.39. The van der Waals surface area contributed by atoms with Crippen LogP contribution in [-0.2, 0) is 13.3 Å². The van der Waals surface area contributed by atoms with Crippen LogP contribution in [0.4, 0.5) is 0 Å². The van der Waals surface area contributed by atoms with Crippen molar-refractivity contribution >= 4 is 14.5 Å². The molecule has 1 fully saturated rings. The van der Waals surface area contributed by atoms with Crippen LogP contribution in [0.3, 0.4) is 0 Å². The van der Waals surface area contributed by atoms with E-state index in [1.54, 1.807) is 21.3 Å². The maximum Gasteiger partial charge on any atom is 0.500 e. The van der Waals surface area contributed by atoms with Crippen LogP contribution in [0.5, 0.6) is 0 Å². The zero-order valence-electron chi connectivity index (χ0n) is 12.1. The number of hydrogen-bond acceptors (Lipinski definition) is 5. The second-order valence-electron chi connectivity index (χ2n) is 4.47. The highest BCUT2D eigenvalue weighted by molar-refractivity contribution is 6.60. The Labute approximate surface area is 111 Å². The van der Waals surface area contributed by atoms with Crippen molar-refractivity contribution in [2.24, 2.45) is 4.99 Å². The molecule has 1 rings (SSSR count). The van der Waals surface area contributed by atoms with Crippen LogP contribution in [0.1, 0.15) is 19.8 Å². The minimum absolute atomic E-state index is 0.824. The van der Waals surface area contributed by atoms with Crippen LogP contribution in [0, 0.1) is 0 Å². The second kappa shape index (κ2) is 8.01. The van der Waals surface area contributed by atoms with Crippen LogP contribution >= 0.6 is 0 Å². The lowest BCUT2D eigenvalue weighted by molar-refractivity contribution is 0.123. The quantitative estimate of drug-likeness (QED) is 0.496. The van der Waals surface area contributed by atoms with Gasteiger partial charge in [0.2, 0.25) is 0 Å². The smallest absolute Gasteiger partial charge is 0.377 e. The molecule has 1 saturated heterocycles. The molecule has 0 aromatic rings. The van der Waals surface area contributed by atoms with Crippen molar-refractivity contribution in [3.8, 4) is 0 Å². The van der Waals surface area contributed by atoms with Gasteiger partial charge in [0.15, 0.2) is 0 Å². The van der Waals surface area contributed by atoms with Gasteiger partial charge in [-0.3, -0.25) is 9.89 Å². The fourth-order valence-corrected chi connectivity index (χ4v) is 3.89. The molecule has 6 heteroatoms. The van der Waals surface area contributed by atoms with Crippen molar-refractivity contribution < 1.29 is 13.3 Å². The molecule has 18 heavy (non-hydrogen) atoms. The van der Waals surface area contributed by atoms with Gasteiger partial charge in [-0.05, 0) is 19.4 Å². The molecule has 0 atom stereocenters. The summed E-state index contributed by atoms with van der Waals surface area (Å²) in [5.74, 6) is 0. The Bertz CT molecular complexity index is 262. The lowest BCUT2D eigenvalue weighted by Gasteiger charge is -2.23. The molecule has 0 N–H and O–H groups in total. The summed E-state index contributed by atoms with van der Waals surface area (Å²) in [6.45, 7) is 6.35. The monoisotopic (exact) mass is 274 g/mol. The van der Waals surface area contributed by atoms with E-state index in [-0.39, 0.29) is 0 Å². The van der Waals surface area contributed by atoms with E-state index in [1.807, 2.05) is 0 Å². The average Bonchev–Trinajstić information content (AvgIpc) is 2.88. The molecule has 1 aliphatic heterocycles. The zero-order valence-corrected chi connectivity index (χ0v) is 13.1. The summed E-state index contributed by atoms with van der Waals surface area (Å²) >= 11 is 0. The van der Waals surface area contributed by atoms with E-state index in [4.69, 9.17) is 13.3 Å². The lowest BCUT2D eigenvalue weighted by atomic mass is 10.3. The predicted octanol–water partition coefficient (Wildman–Crippen LogP) is 1.42. The van der Waals surface area contributed by atoms with Gasteiger partial charge in [0.25, 0.3) is 0 Å². The fraction of sp³-hybridized carbons (Fsp3) is 0.917. The number of nitrogens with zero attached hydrogens (tertiary/aromatic N) is 2. The van der Waals surface area contributed by atoms with Crippen molar-refractivity contribution in [2.45, 2.75) is 25.8 Å². The van der Waals surface area contributed by atoms with Gasteiger partial charge in [-0.25, -0.2) is 0 Å². The van der Waals surface area contributed by atoms with Crippen molar-refractivity contribution in [3.05, 3.63) is 0 Å². The van der Waals surface area contributed by atoms with Gasteiger partial charge in [-0.2, -0.15) is 0 Å². The maximum atomic E-state index is 5.38. The Morgan fingerprint density at radius 3 is 2.39 bits per heavy atom. The number of hydrogen-bond donors (Lipinski definition) is 0. The molecule has 0 radical (unpaired) electrons. The fourth-order valence-electron chi connectivity index (χ4n) is 2.19. The molecule has 0 saturated carbocycles. The molecule has 0 bridgehead atoms. The highest BCUT2D eigenvalue weighted by Gasteiger charge is 2.36. The third-order valence-corrected chi connectivity index (χ3v) is 6.31. The summed E-state index contributed by atoms with van der Waals surface area (Å²) in [5, 5.41) is 0. The van der Waals surface area contributed by atoms with E-state index >= 15 is 0 Å². The highest BCUT2D eigenvalue weighted by atomic mass is 28.4. The standard InChI is InChI=1S/C12H26N2O3Si/c1-5-14-9-7-12(11-14)13-8-6-10-18(15-2,16-3)17-4/h5-11H2,1-4H3. The lowest BCUT2D eigenvalue weighted by Crippen LogP contribution is -2.42. The van der Waals surface area contributed by atoms with Crippen LogP contribution in [0.15, 0.2) is 4.99 Å². The second-order valence-corrected chi connectivity index (χ2v) is 7.56. The molecule has 0 aromatic heterocycles. The van der Waals surface area contributed by atoms with E-state index in [0.717, 1.165) is 45.1 Å². The summed E-state index contributed by atoms with van der Waals surface area (Å²) in [6.07, 6.45) is 2.08. The first-order valence-corrected chi connectivity index (χ1v) is 8.53. The number of rotatable bonds is 8. The molecule has 5 nitrogen and oxygen atoms in total.